The van der Waals surface area contributed by atoms with Gasteiger partial charge in [-0.3, -0.25) is 0 Å². The molecular formula is C25H24ClFN6O4S. The van der Waals surface area contributed by atoms with Gasteiger partial charge in [0, 0.05) is 29.4 Å². The molecule has 38 heavy (non-hydrogen) atoms. The number of carboxylic acid groups (broad SMARTS) is 1. The Bertz CT molecular complexity index is 1630. The van der Waals surface area contributed by atoms with Crippen LogP contribution in [-0.2, 0) is 10.0 Å². The van der Waals surface area contributed by atoms with E-state index in [1.807, 2.05) is 6.92 Å². The molecule has 0 saturated heterocycles. The van der Waals surface area contributed by atoms with Gasteiger partial charge in [0.1, 0.15) is 0 Å². The maximum Gasteiger partial charge on any atom is 0.404 e. The van der Waals surface area contributed by atoms with Gasteiger partial charge in [0.15, 0.2) is 23.1 Å². The molecule has 198 valence electrons. The Morgan fingerprint density at radius 1 is 1.13 bits per heavy atom. The lowest BCUT2D eigenvalue weighted by Crippen LogP contribution is -2.48. The van der Waals surface area contributed by atoms with Gasteiger partial charge >= 0.3 is 6.09 Å². The fourth-order valence-corrected chi connectivity index (χ4v) is 6.13. The molecule has 0 bridgehead atoms. The second-order valence-electron chi connectivity index (χ2n) is 9.16. The largest absolute Gasteiger partial charge is 0.465 e. The summed E-state index contributed by atoms with van der Waals surface area (Å²) in [5, 5.41) is 15.3. The summed E-state index contributed by atoms with van der Waals surface area (Å²) < 4.78 is 42.9. The summed E-state index contributed by atoms with van der Waals surface area (Å²) in [5.74, 6) is -0.781. The number of anilines is 1. The summed E-state index contributed by atoms with van der Waals surface area (Å²) in [4.78, 5) is 24.0. The molecule has 0 spiro atoms. The Morgan fingerprint density at radius 2 is 1.84 bits per heavy atom. The summed E-state index contributed by atoms with van der Waals surface area (Å²) in [6.07, 6.45) is 5.45. The molecule has 3 N–H and O–H groups in total. The lowest BCUT2D eigenvalue weighted by Gasteiger charge is -2.32. The molecule has 5 rings (SSSR count). The van der Waals surface area contributed by atoms with Crippen LogP contribution < -0.4 is 10.6 Å². The second kappa shape index (κ2) is 10.2. The van der Waals surface area contributed by atoms with Crippen LogP contribution in [0.5, 0.6) is 0 Å². The topological polar surface area (TPSA) is 139 Å². The predicted octanol–water partition coefficient (Wildman–Crippen LogP) is 4.82. The number of carbonyl (C=O) groups is 1. The van der Waals surface area contributed by atoms with E-state index < -0.39 is 28.0 Å². The molecular weight excluding hydrogens is 535 g/mol. The molecule has 10 nitrogen and oxygen atoms in total. The molecule has 1 aromatic carbocycles. The van der Waals surface area contributed by atoms with Crippen LogP contribution in [0, 0.1) is 12.7 Å². The highest BCUT2D eigenvalue weighted by Gasteiger charge is 2.29. The van der Waals surface area contributed by atoms with Gasteiger partial charge in [-0.05, 0) is 38.0 Å². The van der Waals surface area contributed by atoms with Crippen LogP contribution in [0.1, 0.15) is 31.2 Å². The Balaban J connectivity index is 1.58. The minimum absolute atomic E-state index is 0.0550. The molecule has 1 aliphatic rings. The maximum atomic E-state index is 14.8. The number of aryl methyl sites for hydroxylation is 1. The first-order valence-corrected chi connectivity index (χ1v) is 13.7. The number of benzene rings is 1. The number of hydrogen-bond donors (Lipinski definition) is 3. The third kappa shape index (κ3) is 5.01. The van der Waals surface area contributed by atoms with Crippen molar-refractivity contribution in [2.75, 3.05) is 5.32 Å². The van der Waals surface area contributed by atoms with Gasteiger partial charge in [-0.15, -0.1) is 0 Å². The van der Waals surface area contributed by atoms with Gasteiger partial charge in [-0.25, -0.2) is 36.5 Å². The van der Waals surface area contributed by atoms with Gasteiger partial charge in [0.25, 0.3) is 10.0 Å². The number of amides is 1. The summed E-state index contributed by atoms with van der Waals surface area (Å²) in [5.41, 5.74) is 1.31. The second-order valence-corrected chi connectivity index (χ2v) is 11.4. The van der Waals surface area contributed by atoms with Crippen LogP contribution in [0.4, 0.5) is 15.0 Å². The number of rotatable bonds is 6. The number of fused-ring (bicyclic) bond motifs is 1. The average molecular weight is 559 g/mol. The van der Waals surface area contributed by atoms with Gasteiger partial charge < -0.3 is 15.7 Å². The van der Waals surface area contributed by atoms with Crippen LogP contribution in [0.15, 0.2) is 53.8 Å². The Labute approximate surface area is 223 Å². The molecule has 3 aromatic heterocycles. The van der Waals surface area contributed by atoms with Crippen molar-refractivity contribution in [3.8, 4) is 11.4 Å². The third-order valence-electron chi connectivity index (χ3n) is 6.54. The minimum atomic E-state index is -4.04. The summed E-state index contributed by atoms with van der Waals surface area (Å²) in [6.45, 7) is 1.86. The van der Waals surface area contributed by atoms with Crippen LogP contribution in [0.2, 0.25) is 5.02 Å². The van der Waals surface area contributed by atoms with Crippen molar-refractivity contribution in [1.29, 1.82) is 0 Å². The fourth-order valence-electron chi connectivity index (χ4n) is 4.65. The molecule has 1 amide bonds. The lowest BCUT2D eigenvalue weighted by atomic mass is 9.90. The Morgan fingerprint density at radius 3 is 2.55 bits per heavy atom. The number of nitrogens with zero attached hydrogens (tertiary/aromatic N) is 4. The summed E-state index contributed by atoms with van der Waals surface area (Å²) >= 11 is 6.19. The smallest absolute Gasteiger partial charge is 0.404 e. The molecule has 0 radical (unpaired) electrons. The third-order valence-corrected chi connectivity index (χ3v) is 8.41. The van der Waals surface area contributed by atoms with Crippen molar-refractivity contribution in [2.45, 2.75) is 49.6 Å². The molecule has 0 unspecified atom stereocenters. The number of pyridine rings is 1. The first kappa shape index (κ1) is 25.9. The first-order chi connectivity index (χ1) is 18.1. The van der Waals surface area contributed by atoms with E-state index in [1.54, 1.807) is 18.2 Å². The minimum Gasteiger partial charge on any atom is -0.465 e. The molecule has 3 heterocycles. The first-order valence-electron chi connectivity index (χ1n) is 11.9. The maximum absolute atomic E-state index is 14.8. The Hall–Kier alpha value is -3.77. The normalized spacial score (nSPS) is 17.9. The highest BCUT2D eigenvalue weighted by molar-refractivity contribution is 7.90. The molecule has 1 saturated carbocycles. The highest BCUT2D eigenvalue weighted by Crippen LogP contribution is 2.33. The van der Waals surface area contributed by atoms with Gasteiger partial charge in [0.05, 0.1) is 22.2 Å². The molecule has 13 heteroatoms. The van der Waals surface area contributed by atoms with Crippen LogP contribution in [0.3, 0.4) is 0 Å². The summed E-state index contributed by atoms with van der Waals surface area (Å²) in [7, 11) is -4.04. The lowest BCUT2D eigenvalue weighted by molar-refractivity contribution is 0.184. The standard InChI is InChI=1S/C25H24ClFN6O4S/c1-14-6-8-16(9-7-14)38(36,37)33-13-18(17-10-15(26)11-29-24(17)33)22-28-12-19(27)23(32-22)30-20-4-2-3-5-21(20)31-25(34)35/h6-13,20-21,31H,2-5H2,1H3,(H,34,35)(H,28,30,32)/t20-,21-/m0/s1. The van der Waals surface area contributed by atoms with Crippen molar-refractivity contribution in [2.24, 2.45) is 0 Å². The summed E-state index contributed by atoms with van der Waals surface area (Å²) in [6, 6.07) is 7.17. The van der Waals surface area contributed by atoms with E-state index in [2.05, 4.69) is 25.6 Å². The number of halogens is 2. The van der Waals surface area contributed by atoms with E-state index in [9.17, 15) is 22.7 Å². The predicted molar refractivity (Wildman–Crippen MR) is 140 cm³/mol. The quantitative estimate of drug-likeness (QED) is 0.306. The van der Waals surface area contributed by atoms with E-state index in [4.69, 9.17) is 11.6 Å². The van der Waals surface area contributed by atoms with Gasteiger partial charge in [-0.1, -0.05) is 42.1 Å². The number of hydrogen-bond acceptors (Lipinski definition) is 7. The monoisotopic (exact) mass is 558 g/mol. The Kier molecular flexibility index (Phi) is 6.93. The van der Waals surface area contributed by atoms with Crippen molar-refractivity contribution in [3.05, 3.63) is 65.3 Å². The van der Waals surface area contributed by atoms with Crippen LogP contribution in [-0.4, -0.2) is 50.6 Å². The van der Waals surface area contributed by atoms with E-state index >= 15 is 0 Å². The average Bonchev–Trinajstić information content (AvgIpc) is 3.26. The zero-order valence-corrected chi connectivity index (χ0v) is 21.8. The van der Waals surface area contributed by atoms with E-state index in [0.29, 0.717) is 18.2 Å². The van der Waals surface area contributed by atoms with Crippen molar-refractivity contribution < 1.29 is 22.7 Å². The SMILES string of the molecule is Cc1ccc(S(=O)(=O)n2cc(-c3ncc(F)c(N[C@H]4CCCC[C@@H]4NC(=O)O)n3)c3cc(Cl)cnc32)cc1. The molecule has 1 aliphatic carbocycles. The molecule has 0 aliphatic heterocycles. The van der Waals surface area contributed by atoms with E-state index in [-0.39, 0.29) is 38.8 Å². The molecule has 2 atom stereocenters. The van der Waals surface area contributed by atoms with E-state index in [1.165, 1.54) is 24.5 Å². The number of nitrogens with one attached hydrogen (secondary N) is 2. The molecule has 1 fully saturated rings. The highest BCUT2D eigenvalue weighted by atomic mass is 35.5. The molecule has 4 aromatic rings. The van der Waals surface area contributed by atoms with Gasteiger partial charge in [0.2, 0.25) is 0 Å². The van der Waals surface area contributed by atoms with Crippen LogP contribution >= 0.6 is 11.6 Å². The van der Waals surface area contributed by atoms with Crippen molar-refractivity contribution in [3.63, 3.8) is 0 Å². The fraction of sp³-hybridized carbons (Fsp3) is 0.280. The van der Waals surface area contributed by atoms with E-state index in [0.717, 1.165) is 28.6 Å². The van der Waals surface area contributed by atoms with Crippen molar-refractivity contribution >= 4 is 44.6 Å². The van der Waals surface area contributed by atoms with Crippen LogP contribution in [0.25, 0.3) is 22.4 Å². The number of aromatic nitrogens is 4. The van der Waals surface area contributed by atoms with Crippen molar-refractivity contribution in [1.82, 2.24) is 24.2 Å². The van der Waals surface area contributed by atoms with Gasteiger partial charge in [-0.2, -0.15) is 0 Å². The zero-order valence-electron chi connectivity index (χ0n) is 20.2. The zero-order chi connectivity index (χ0) is 27.0.